The highest BCUT2D eigenvalue weighted by Gasteiger charge is 2.30. The van der Waals surface area contributed by atoms with Crippen molar-refractivity contribution in [1.82, 2.24) is 10.2 Å². The van der Waals surface area contributed by atoms with Crippen molar-refractivity contribution in [3.63, 3.8) is 0 Å². The molecule has 0 aliphatic heterocycles. The van der Waals surface area contributed by atoms with Gasteiger partial charge in [0.05, 0.1) is 15.8 Å². The fourth-order valence-corrected chi connectivity index (χ4v) is 5.14. The van der Waals surface area contributed by atoms with E-state index >= 15 is 0 Å². The third-order valence-electron chi connectivity index (χ3n) is 5.45. The van der Waals surface area contributed by atoms with Crippen molar-refractivity contribution in [2.75, 3.05) is 5.75 Å². The second-order valence-electron chi connectivity index (χ2n) is 8.76. The highest BCUT2D eigenvalue weighted by Crippen LogP contribution is 2.25. The molecule has 3 aromatic carbocycles. The largest absolute Gasteiger partial charge is 0.352 e. The maximum absolute atomic E-state index is 13.6. The van der Waals surface area contributed by atoms with Crippen LogP contribution in [0, 0.1) is 0 Å². The van der Waals surface area contributed by atoms with E-state index in [2.05, 4.69) is 21.2 Å². The zero-order valence-electron chi connectivity index (χ0n) is 20.2. The summed E-state index contributed by atoms with van der Waals surface area (Å²) in [6, 6.07) is 22.4. The molecule has 0 aliphatic rings. The first-order valence-electron chi connectivity index (χ1n) is 11.6. The van der Waals surface area contributed by atoms with E-state index in [1.165, 1.54) is 11.8 Å². The third-order valence-corrected chi connectivity index (χ3v) is 7.70. The topological polar surface area (TPSA) is 49.4 Å². The second-order valence-corrected chi connectivity index (χ2v) is 11.5. The summed E-state index contributed by atoms with van der Waals surface area (Å²) in [5.41, 5.74) is 2.92. The number of carbonyl (C=O) groups excluding carboxylic acids is 2. The van der Waals surface area contributed by atoms with E-state index in [0.29, 0.717) is 22.2 Å². The highest BCUT2D eigenvalue weighted by molar-refractivity contribution is 9.10. The fourth-order valence-electron chi connectivity index (χ4n) is 3.69. The van der Waals surface area contributed by atoms with E-state index < -0.39 is 6.04 Å². The van der Waals surface area contributed by atoms with Gasteiger partial charge in [0, 0.05) is 29.2 Å². The maximum Gasteiger partial charge on any atom is 0.243 e. The predicted molar refractivity (Wildman–Crippen MR) is 155 cm³/mol. The molecule has 0 radical (unpaired) electrons. The Balaban J connectivity index is 1.86. The van der Waals surface area contributed by atoms with Crippen LogP contribution in [0.25, 0.3) is 0 Å². The average Bonchev–Trinajstić information content (AvgIpc) is 2.85. The molecule has 0 bridgehead atoms. The summed E-state index contributed by atoms with van der Waals surface area (Å²) in [5.74, 6) is 0.655. The number of hydrogen-bond donors (Lipinski definition) is 1. The number of hydrogen-bond acceptors (Lipinski definition) is 3. The van der Waals surface area contributed by atoms with Crippen LogP contribution in [0.5, 0.6) is 0 Å². The molecule has 4 nitrogen and oxygen atoms in total. The molecule has 1 N–H and O–H groups in total. The van der Waals surface area contributed by atoms with Gasteiger partial charge in [-0.25, -0.2) is 0 Å². The van der Waals surface area contributed by atoms with E-state index in [0.717, 1.165) is 21.2 Å². The van der Waals surface area contributed by atoms with Crippen LogP contribution in [-0.2, 0) is 28.3 Å². The van der Waals surface area contributed by atoms with Gasteiger partial charge >= 0.3 is 0 Å². The minimum atomic E-state index is -0.676. The van der Waals surface area contributed by atoms with Gasteiger partial charge in [0.15, 0.2) is 0 Å². The van der Waals surface area contributed by atoms with Gasteiger partial charge in [-0.2, -0.15) is 0 Å². The van der Waals surface area contributed by atoms with Crippen molar-refractivity contribution >= 4 is 62.7 Å². The van der Waals surface area contributed by atoms with Crippen LogP contribution in [0.1, 0.15) is 30.5 Å². The van der Waals surface area contributed by atoms with E-state index in [9.17, 15) is 9.59 Å². The predicted octanol–water partition coefficient (Wildman–Crippen LogP) is 7.15. The molecule has 0 heterocycles. The van der Waals surface area contributed by atoms with Crippen LogP contribution in [-0.4, -0.2) is 34.6 Å². The van der Waals surface area contributed by atoms with Crippen LogP contribution in [0.3, 0.4) is 0 Å². The number of benzene rings is 3. The van der Waals surface area contributed by atoms with Crippen molar-refractivity contribution < 1.29 is 9.59 Å². The quantitative estimate of drug-likeness (QED) is 0.252. The van der Waals surface area contributed by atoms with Gasteiger partial charge in [-0.15, -0.1) is 11.8 Å². The molecule has 36 heavy (non-hydrogen) atoms. The molecule has 0 aliphatic carbocycles. The van der Waals surface area contributed by atoms with Crippen molar-refractivity contribution in [2.45, 2.75) is 44.6 Å². The lowest BCUT2D eigenvalue weighted by molar-refractivity contribution is -0.139. The molecular weight excluding hydrogens is 579 g/mol. The minimum absolute atomic E-state index is 0.0514. The van der Waals surface area contributed by atoms with Crippen LogP contribution in [0.4, 0.5) is 0 Å². The molecule has 0 spiro atoms. The minimum Gasteiger partial charge on any atom is -0.352 e. The van der Waals surface area contributed by atoms with Gasteiger partial charge < -0.3 is 10.2 Å². The smallest absolute Gasteiger partial charge is 0.243 e. The Kier molecular flexibility index (Phi) is 11.2. The van der Waals surface area contributed by atoms with Crippen molar-refractivity contribution in [2.24, 2.45) is 0 Å². The molecule has 3 aromatic rings. The molecule has 190 valence electrons. The Morgan fingerprint density at radius 2 is 1.58 bits per heavy atom. The summed E-state index contributed by atoms with van der Waals surface area (Å²) in [6.45, 7) is 4.07. The fraction of sp³-hybridized carbons (Fsp3) is 0.286. The van der Waals surface area contributed by atoms with Crippen LogP contribution in [0.2, 0.25) is 10.0 Å². The molecule has 0 aromatic heterocycles. The van der Waals surface area contributed by atoms with Crippen LogP contribution >= 0.6 is 50.9 Å². The monoisotopic (exact) mass is 606 g/mol. The summed E-state index contributed by atoms with van der Waals surface area (Å²) in [6.07, 6.45) is 0.407. The first kappa shape index (κ1) is 28.6. The summed E-state index contributed by atoms with van der Waals surface area (Å²) in [7, 11) is 0. The Bertz CT molecular complexity index is 1160. The molecule has 0 fully saturated rings. The summed E-state index contributed by atoms with van der Waals surface area (Å²) in [5, 5.41) is 3.86. The molecule has 2 amide bonds. The lowest BCUT2D eigenvalue weighted by Gasteiger charge is -2.32. The summed E-state index contributed by atoms with van der Waals surface area (Å²) < 4.78 is 1.01. The average molecular weight is 608 g/mol. The van der Waals surface area contributed by atoms with Crippen molar-refractivity contribution in [3.05, 3.63) is 104 Å². The van der Waals surface area contributed by atoms with E-state index in [-0.39, 0.29) is 30.2 Å². The second kappa shape index (κ2) is 14.1. The molecular formula is C28H29BrCl2N2O2S. The van der Waals surface area contributed by atoms with E-state index in [1.54, 1.807) is 17.0 Å². The first-order valence-corrected chi connectivity index (χ1v) is 14.3. The van der Waals surface area contributed by atoms with Gasteiger partial charge in [-0.05, 0) is 54.8 Å². The summed E-state index contributed by atoms with van der Waals surface area (Å²) in [4.78, 5) is 28.7. The van der Waals surface area contributed by atoms with Crippen LogP contribution in [0.15, 0.2) is 77.3 Å². The molecule has 8 heteroatoms. The molecule has 0 saturated carbocycles. The van der Waals surface area contributed by atoms with Crippen molar-refractivity contribution in [1.29, 1.82) is 0 Å². The maximum atomic E-state index is 13.6. The molecule has 3 rings (SSSR count). The molecule has 1 atom stereocenters. The Hall–Kier alpha value is -1.99. The highest BCUT2D eigenvalue weighted by atomic mass is 79.9. The number of nitrogens with zero attached hydrogens (tertiary/aromatic N) is 1. The van der Waals surface area contributed by atoms with Crippen molar-refractivity contribution in [3.8, 4) is 0 Å². The number of rotatable bonds is 11. The summed E-state index contributed by atoms with van der Waals surface area (Å²) >= 11 is 17.3. The SMILES string of the molecule is CC(C)NC(=O)C(Cc1ccccc1)N(Cc1ccc(Cl)c(Cl)c1)C(=O)CSCc1ccc(Br)cc1. The van der Waals surface area contributed by atoms with Crippen LogP contribution < -0.4 is 5.32 Å². The van der Waals surface area contributed by atoms with Gasteiger partial charge in [-0.1, -0.05) is 87.7 Å². The number of thioether (sulfide) groups is 1. The normalized spacial score (nSPS) is 11.8. The van der Waals surface area contributed by atoms with E-state index in [1.807, 2.05) is 74.5 Å². The Morgan fingerprint density at radius 3 is 2.22 bits per heavy atom. The third kappa shape index (κ3) is 8.84. The van der Waals surface area contributed by atoms with Gasteiger partial charge in [0.25, 0.3) is 0 Å². The van der Waals surface area contributed by atoms with Gasteiger partial charge in [0.2, 0.25) is 11.8 Å². The van der Waals surface area contributed by atoms with Gasteiger partial charge in [-0.3, -0.25) is 9.59 Å². The number of amides is 2. The Labute approximate surface area is 235 Å². The lowest BCUT2D eigenvalue weighted by Crippen LogP contribution is -2.52. The van der Waals surface area contributed by atoms with Gasteiger partial charge in [0.1, 0.15) is 6.04 Å². The zero-order valence-corrected chi connectivity index (χ0v) is 24.1. The Morgan fingerprint density at radius 1 is 0.917 bits per heavy atom. The standard InChI is InChI=1S/C28H29BrCl2N2O2S/c1-19(2)32-28(35)26(15-20-6-4-3-5-7-20)33(16-22-10-13-24(30)25(31)14-22)27(34)18-36-17-21-8-11-23(29)12-9-21/h3-14,19,26H,15-18H2,1-2H3,(H,32,35). The van der Waals surface area contributed by atoms with E-state index in [4.69, 9.17) is 23.2 Å². The lowest BCUT2D eigenvalue weighted by atomic mass is 10.0. The molecule has 0 saturated heterocycles. The molecule has 1 unspecified atom stereocenters. The first-order chi connectivity index (χ1) is 17.2. The number of nitrogens with one attached hydrogen (secondary N) is 1. The zero-order chi connectivity index (χ0) is 26.1. The number of carbonyl (C=O) groups is 2. The number of halogens is 3.